The molecule has 1 aromatic carbocycles. The van der Waals surface area contributed by atoms with Crippen molar-refractivity contribution in [2.24, 2.45) is 0 Å². The molecule has 2 heterocycles. The molecule has 1 aromatic heterocycles. The van der Waals surface area contributed by atoms with Gasteiger partial charge in [0.15, 0.2) is 0 Å². The van der Waals surface area contributed by atoms with Crippen LogP contribution in [0.15, 0.2) is 30.3 Å². The van der Waals surface area contributed by atoms with Gasteiger partial charge < -0.3 is 14.7 Å². The minimum absolute atomic E-state index is 0.0965. The summed E-state index contributed by atoms with van der Waals surface area (Å²) in [5.74, 6) is -1.42. The second kappa shape index (κ2) is 7.55. The first kappa shape index (κ1) is 18.5. The number of thiophene rings is 1. The van der Waals surface area contributed by atoms with Gasteiger partial charge in [-0.05, 0) is 42.7 Å². The predicted molar refractivity (Wildman–Crippen MR) is 96.9 cm³/mol. The van der Waals surface area contributed by atoms with Gasteiger partial charge in [-0.3, -0.25) is 9.59 Å². The molecule has 0 bridgehead atoms. The van der Waals surface area contributed by atoms with E-state index in [1.807, 2.05) is 13.0 Å². The Labute approximate surface area is 155 Å². The number of carboxylic acids is 1. The molecule has 3 rings (SSSR count). The summed E-state index contributed by atoms with van der Waals surface area (Å²) in [6.07, 6.45) is 0.269. The maximum atomic E-state index is 13.1. The van der Waals surface area contributed by atoms with E-state index in [1.165, 1.54) is 23.5 Å². The van der Waals surface area contributed by atoms with Crippen LogP contribution in [0.4, 0.5) is 4.39 Å². The number of nitrogens with zero attached hydrogens (tertiary/aromatic N) is 1. The summed E-state index contributed by atoms with van der Waals surface area (Å²) in [5.41, 5.74) is 1.79. The maximum Gasteiger partial charge on any atom is 0.305 e. The fraction of sp³-hybridized carbons (Fsp3) is 0.368. The molecule has 1 fully saturated rings. The largest absolute Gasteiger partial charge is 0.481 e. The summed E-state index contributed by atoms with van der Waals surface area (Å²) in [5, 5.41) is 9.12. The van der Waals surface area contributed by atoms with Gasteiger partial charge in [0.2, 0.25) is 0 Å². The zero-order chi connectivity index (χ0) is 18.8. The lowest BCUT2D eigenvalue weighted by Gasteiger charge is -2.22. The molecule has 1 amide bonds. The highest BCUT2D eigenvalue weighted by molar-refractivity contribution is 7.17. The average Bonchev–Trinajstić information content (AvgIpc) is 3.18. The number of carbonyl (C=O) groups excluding carboxylic acids is 1. The van der Waals surface area contributed by atoms with Crippen molar-refractivity contribution in [1.82, 2.24) is 4.90 Å². The van der Waals surface area contributed by atoms with Crippen molar-refractivity contribution >= 4 is 23.2 Å². The number of aliphatic carboxylic acids is 1. The molecule has 138 valence electrons. The molecule has 0 radical (unpaired) electrons. The zero-order valence-corrected chi connectivity index (χ0v) is 15.4. The van der Waals surface area contributed by atoms with E-state index in [9.17, 15) is 14.0 Å². The van der Waals surface area contributed by atoms with Gasteiger partial charge in [-0.1, -0.05) is 12.1 Å². The molecular weight excluding hydrogens is 357 g/mol. The van der Waals surface area contributed by atoms with Crippen LogP contribution < -0.4 is 0 Å². The lowest BCUT2D eigenvalue weighted by molar-refractivity contribution is -0.137. The predicted octanol–water partition coefficient (Wildman–Crippen LogP) is 3.57. The molecule has 5 nitrogen and oxygen atoms in total. The molecule has 7 heteroatoms. The number of carboxylic acid groups (broad SMARTS) is 1. The van der Waals surface area contributed by atoms with E-state index in [1.54, 1.807) is 24.1 Å². The van der Waals surface area contributed by atoms with Gasteiger partial charge in [-0.2, -0.15) is 0 Å². The number of ether oxygens (including phenoxy) is 1. The molecule has 1 N–H and O–H groups in total. The van der Waals surface area contributed by atoms with Crippen LogP contribution in [-0.2, 0) is 9.53 Å². The van der Waals surface area contributed by atoms with Crippen LogP contribution >= 0.6 is 11.3 Å². The van der Waals surface area contributed by atoms with Crippen LogP contribution in [0.3, 0.4) is 0 Å². The number of halogens is 1. The lowest BCUT2D eigenvalue weighted by Crippen LogP contribution is -2.36. The molecule has 1 aliphatic rings. The normalized spacial score (nSPS) is 19.7. The van der Waals surface area contributed by atoms with Crippen LogP contribution in [0.1, 0.15) is 28.1 Å². The van der Waals surface area contributed by atoms with E-state index in [0.29, 0.717) is 17.8 Å². The van der Waals surface area contributed by atoms with Gasteiger partial charge in [0.1, 0.15) is 5.82 Å². The van der Waals surface area contributed by atoms with Gasteiger partial charge in [0.05, 0.1) is 17.4 Å². The molecular formula is C19H20FNO4S. The number of rotatable bonds is 5. The van der Waals surface area contributed by atoms with Crippen LogP contribution in [0.25, 0.3) is 10.4 Å². The topological polar surface area (TPSA) is 66.8 Å². The molecule has 2 unspecified atom stereocenters. The summed E-state index contributed by atoms with van der Waals surface area (Å²) in [6.45, 7) is 2.29. The number of hydrogen-bond acceptors (Lipinski definition) is 4. The highest BCUT2D eigenvalue weighted by Gasteiger charge is 2.37. The monoisotopic (exact) mass is 377 g/mol. The molecule has 2 aromatic rings. The van der Waals surface area contributed by atoms with E-state index in [2.05, 4.69) is 0 Å². The molecule has 2 atom stereocenters. The Bertz CT molecular complexity index is 817. The van der Waals surface area contributed by atoms with Crippen LogP contribution in [-0.4, -0.2) is 47.7 Å². The van der Waals surface area contributed by atoms with Crippen LogP contribution in [0, 0.1) is 12.7 Å². The number of amides is 1. The standard InChI is InChI=1S/C19H20FNO4S/c1-11-7-16(26-18(11)12-3-5-13(20)6-4-12)19(24)21-10-15(25-2)8-14(21)9-17(22)23/h3-7,14-15H,8-10H2,1-2H3,(H,22,23). The van der Waals surface area contributed by atoms with Crippen molar-refractivity contribution in [2.45, 2.75) is 31.9 Å². The molecule has 1 aliphatic heterocycles. The third kappa shape index (κ3) is 3.78. The Morgan fingerprint density at radius 1 is 1.35 bits per heavy atom. The lowest BCUT2D eigenvalue weighted by atomic mass is 10.1. The summed E-state index contributed by atoms with van der Waals surface area (Å²) < 4.78 is 18.5. The number of hydrogen-bond donors (Lipinski definition) is 1. The Kier molecular flexibility index (Phi) is 5.38. The molecule has 0 saturated carbocycles. The van der Waals surface area contributed by atoms with Crippen molar-refractivity contribution < 1.29 is 23.8 Å². The highest BCUT2D eigenvalue weighted by Crippen LogP contribution is 2.34. The number of methoxy groups -OCH3 is 1. The Morgan fingerprint density at radius 2 is 2.04 bits per heavy atom. The quantitative estimate of drug-likeness (QED) is 0.865. The second-order valence-electron chi connectivity index (χ2n) is 6.43. The van der Waals surface area contributed by atoms with E-state index in [4.69, 9.17) is 9.84 Å². The van der Waals surface area contributed by atoms with Crippen molar-refractivity contribution in [3.63, 3.8) is 0 Å². The Morgan fingerprint density at radius 3 is 2.65 bits per heavy atom. The number of carbonyl (C=O) groups is 2. The van der Waals surface area contributed by atoms with Gasteiger partial charge in [0.25, 0.3) is 5.91 Å². The van der Waals surface area contributed by atoms with E-state index in [-0.39, 0.29) is 30.3 Å². The van der Waals surface area contributed by atoms with Crippen molar-refractivity contribution in [1.29, 1.82) is 0 Å². The molecule has 1 saturated heterocycles. The fourth-order valence-corrected chi connectivity index (χ4v) is 4.44. The first-order valence-electron chi connectivity index (χ1n) is 8.31. The SMILES string of the molecule is COC1CC(CC(=O)O)N(C(=O)c2cc(C)c(-c3ccc(F)cc3)s2)C1. The van der Waals surface area contributed by atoms with Gasteiger partial charge in [0, 0.05) is 24.6 Å². The molecule has 0 spiro atoms. The number of benzene rings is 1. The second-order valence-corrected chi connectivity index (χ2v) is 7.48. The van der Waals surface area contributed by atoms with E-state index in [0.717, 1.165) is 16.0 Å². The minimum atomic E-state index is -0.932. The number of likely N-dealkylation sites (tertiary alicyclic amines) is 1. The van der Waals surface area contributed by atoms with E-state index >= 15 is 0 Å². The Balaban J connectivity index is 1.86. The van der Waals surface area contributed by atoms with Crippen LogP contribution in [0.2, 0.25) is 0 Å². The van der Waals surface area contributed by atoms with Crippen molar-refractivity contribution in [2.75, 3.05) is 13.7 Å². The molecule has 0 aliphatic carbocycles. The van der Waals surface area contributed by atoms with Gasteiger partial charge >= 0.3 is 5.97 Å². The fourth-order valence-electron chi connectivity index (χ4n) is 3.31. The summed E-state index contributed by atoms with van der Waals surface area (Å²) in [4.78, 5) is 27.2. The smallest absolute Gasteiger partial charge is 0.305 e. The van der Waals surface area contributed by atoms with Gasteiger partial charge in [-0.15, -0.1) is 11.3 Å². The number of aryl methyl sites for hydroxylation is 1. The average molecular weight is 377 g/mol. The van der Waals surface area contributed by atoms with E-state index < -0.39 is 5.97 Å². The highest BCUT2D eigenvalue weighted by atomic mass is 32.1. The summed E-state index contributed by atoms with van der Waals surface area (Å²) >= 11 is 1.34. The summed E-state index contributed by atoms with van der Waals surface area (Å²) in [6, 6.07) is 7.59. The summed E-state index contributed by atoms with van der Waals surface area (Å²) in [7, 11) is 1.57. The van der Waals surface area contributed by atoms with Crippen LogP contribution in [0.5, 0.6) is 0 Å². The maximum absolute atomic E-state index is 13.1. The third-order valence-corrected chi connectivity index (χ3v) is 5.89. The first-order valence-corrected chi connectivity index (χ1v) is 9.12. The zero-order valence-electron chi connectivity index (χ0n) is 14.6. The molecule has 26 heavy (non-hydrogen) atoms. The first-order chi connectivity index (χ1) is 12.4. The van der Waals surface area contributed by atoms with Crippen molar-refractivity contribution in [3.05, 3.63) is 46.6 Å². The van der Waals surface area contributed by atoms with Crippen molar-refractivity contribution in [3.8, 4) is 10.4 Å². The Hall–Kier alpha value is -2.25. The minimum Gasteiger partial charge on any atom is -0.481 e. The van der Waals surface area contributed by atoms with Gasteiger partial charge in [-0.25, -0.2) is 4.39 Å². The third-order valence-electron chi connectivity index (χ3n) is 4.62.